The van der Waals surface area contributed by atoms with E-state index >= 15 is 0 Å². The number of rotatable bonds is 6. The Labute approximate surface area is 153 Å². The van der Waals surface area contributed by atoms with Crippen molar-refractivity contribution in [1.82, 2.24) is 9.88 Å². The molecular weight excluding hydrogens is 332 g/mol. The van der Waals surface area contributed by atoms with Gasteiger partial charge in [-0.25, -0.2) is 0 Å². The number of carboxylic acid groups (broad SMARTS) is 1. The average molecular weight is 356 g/mol. The van der Waals surface area contributed by atoms with E-state index in [4.69, 9.17) is 9.47 Å². The normalized spacial score (nSPS) is 16.8. The Bertz CT molecular complexity index is 743. The lowest BCUT2D eigenvalue weighted by Gasteiger charge is -2.37. The molecule has 26 heavy (non-hydrogen) atoms. The van der Waals surface area contributed by atoms with Gasteiger partial charge in [0.05, 0.1) is 26.2 Å². The lowest BCUT2D eigenvalue weighted by Crippen LogP contribution is -2.39. The van der Waals surface area contributed by atoms with Gasteiger partial charge in [0.1, 0.15) is 11.5 Å². The number of piperidine rings is 1. The summed E-state index contributed by atoms with van der Waals surface area (Å²) in [5.74, 6) is 0.578. The maximum atomic E-state index is 11.3. The first kappa shape index (κ1) is 18.2. The van der Waals surface area contributed by atoms with E-state index in [9.17, 15) is 9.90 Å². The fraction of sp³-hybridized carbons (Fsp3) is 0.400. The molecule has 138 valence electrons. The van der Waals surface area contributed by atoms with E-state index in [1.807, 2.05) is 30.3 Å². The minimum atomic E-state index is -0.705. The maximum absolute atomic E-state index is 11.3. The van der Waals surface area contributed by atoms with Crippen molar-refractivity contribution in [3.05, 3.63) is 53.9 Å². The fourth-order valence-corrected chi connectivity index (χ4v) is 3.59. The smallest absolute Gasteiger partial charge is 0.306 e. The van der Waals surface area contributed by atoms with Gasteiger partial charge in [0.15, 0.2) is 0 Å². The van der Waals surface area contributed by atoms with Crippen LogP contribution in [0.5, 0.6) is 11.5 Å². The third-order valence-electron chi connectivity index (χ3n) is 5.00. The van der Waals surface area contributed by atoms with Gasteiger partial charge in [0.25, 0.3) is 0 Å². The van der Waals surface area contributed by atoms with Crippen molar-refractivity contribution < 1.29 is 19.4 Å². The van der Waals surface area contributed by atoms with Gasteiger partial charge in [-0.3, -0.25) is 14.7 Å². The number of hydrogen-bond donors (Lipinski definition) is 1. The van der Waals surface area contributed by atoms with Crippen LogP contribution in [0.25, 0.3) is 0 Å². The average Bonchev–Trinajstić information content (AvgIpc) is 2.69. The molecule has 1 fully saturated rings. The highest BCUT2D eigenvalue weighted by molar-refractivity contribution is 5.70. The van der Waals surface area contributed by atoms with Gasteiger partial charge in [0.2, 0.25) is 0 Å². The quantitative estimate of drug-likeness (QED) is 0.858. The second-order valence-corrected chi connectivity index (χ2v) is 6.44. The Morgan fingerprint density at radius 2 is 1.85 bits per heavy atom. The third kappa shape index (κ3) is 3.80. The summed E-state index contributed by atoms with van der Waals surface area (Å²) >= 11 is 0. The number of carboxylic acids is 1. The number of aliphatic carboxylic acids is 1. The Balaban J connectivity index is 1.99. The van der Waals surface area contributed by atoms with Gasteiger partial charge in [-0.2, -0.15) is 0 Å². The van der Waals surface area contributed by atoms with E-state index in [1.165, 1.54) is 0 Å². The van der Waals surface area contributed by atoms with Crippen molar-refractivity contribution in [1.29, 1.82) is 0 Å². The zero-order chi connectivity index (χ0) is 18.5. The molecule has 0 saturated carbocycles. The summed E-state index contributed by atoms with van der Waals surface area (Å²) < 4.78 is 11.0. The van der Waals surface area contributed by atoms with E-state index < -0.39 is 5.97 Å². The number of hydrogen-bond acceptors (Lipinski definition) is 5. The number of likely N-dealkylation sites (tertiary alicyclic amines) is 1. The second-order valence-electron chi connectivity index (χ2n) is 6.44. The third-order valence-corrected chi connectivity index (χ3v) is 5.00. The molecule has 0 aliphatic carbocycles. The van der Waals surface area contributed by atoms with Crippen LogP contribution in [0.2, 0.25) is 0 Å². The van der Waals surface area contributed by atoms with Crippen molar-refractivity contribution in [3.8, 4) is 11.5 Å². The van der Waals surface area contributed by atoms with Crippen molar-refractivity contribution in [2.24, 2.45) is 5.92 Å². The van der Waals surface area contributed by atoms with Gasteiger partial charge in [-0.05, 0) is 61.8 Å². The number of pyridine rings is 1. The molecule has 2 aromatic rings. The number of ether oxygens (including phenoxy) is 2. The zero-order valence-electron chi connectivity index (χ0n) is 15.1. The minimum Gasteiger partial charge on any atom is -0.497 e. The van der Waals surface area contributed by atoms with Crippen molar-refractivity contribution in [2.75, 3.05) is 27.3 Å². The minimum absolute atomic E-state index is 0.0437. The molecule has 1 unspecified atom stereocenters. The topological polar surface area (TPSA) is 71.9 Å². The highest BCUT2D eigenvalue weighted by Gasteiger charge is 2.31. The van der Waals surface area contributed by atoms with E-state index in [2.05, 4.69) is 9.88 Å². The Morgan fingerprint density at radius 1 is 1.15 bits per heavy atom. The van der Waals surface area contributed by atoms with E-state index in [0.717, 1.165) is 22.6 Å². The zero-order valence-corrected chi connectivity index (χ0v) is 15.1. The van der Waals surface area contributed by atoms with Crippen LogP contribution >= 0.6 is 0 Å². The first-order chi connectivity index (χ1) is 12.6. The number of nitrogens with zero attached hydrogens (tertiary/aromatic N) is 2. The van der Waals surface area contributed by atoms with Gasteiger partial charge >= 0.3 is 5.97 Å². The first-order valence-electron chi connectivity index (χ1n) is 8.72. The van der Waals surface area contributed by atoms with Gasteiger partial charge < -0.3 is 14.6 Å². The van der Waals surface area contributed by atoms with Crippen LogP contribution in [0.15, 0.2) is 42.7 Å². The standard InChI is InChI=1S/C20H24N2O4/c1-25-16-3-4-18(26-2)17(13-16)19(14-5-9-21-10-6-14)22-11-7-15(8-12-22)20(23)24/h3-6,9-10,13,15,19H,7-8,11-12H2,1-2H3,(H,23,24). The predicted octanol–water partition coefficient (Wildman–Crippen LogP) is 2.98. The summed E-state index contributed by atoms with van der Waals surface area (Å²) in [4.78, 5) is 17.7. The van der Waals surface area contributed by atoms with E-state index in [0.29, 0.717) is 25.9 Å². The highest BCUT2D eigenvalue weighted by Crippen LogP contribution is 2.38. The van der Waals surface area contributed by atoms with E-state index in [-0.39, 0.29) is 12.0 Å². The van der Waals surface area contributed by atoms with Crippen LogP contribution in [0.4, 0.5) is 0 Å². The molecule has 1 aromatic heterocycles. The molecule has 1 aliphatic heterocycles. The van der Waals surface area contributed by atoms with Crippen molar-refractivity contribution >= 4 is 5.97 Å². The summed E-state index contributed by atoms with van der Waals surface area (Å²) in [6.07, 6.45) is 4.84. The largest absolute Gasteiger partial charge is 0.497 e. The van der Waals surface area contributed by atoms with Crippen molar-refractivity contribution in [2.45, 2.75) is 18.9 Å². The van der Waals surface area contributed by atoms with Crippen molar-refractivity contribution in [3.63, 3.8) is 0 Å². The molecule has 0 bridgehead atoms. The van der Waals surface area contributed by atoms with Gasteiger partial charge in [-0.15, -0.1) is 0 Å². The van der Waals surface area contributed by atoms with Gasteiger partial charge in [-0.1, -0.05) is 0 Å². The predicted molar refractivity (Wildman–Crippen MR) is 97.6 cm³/mol. The lowest BCUT2D eigenvalue weighted by atomic mass is 9.91. The fourth-order valence-electron chi connectivity index (χ4n) is 3.59. The summed E-state index contributed by atoms with van der Waals surface area (Å²) in [6.45, 7) is 1.43. The summed E-state index contributed by atoms with van der Waals surface area (Å²) in [5.41, 5.74) is 2.10. The Kier molecular flexibility index (Phi) is 5.73. The molecule has 2 heterocycles. The Hall–Kier alpha value is -2.60. The maximum Gasteiger partial charge on any atom is 0.306 e. The number of aromatic nitrogens is 1. The molecule has 0 radical (unpaired) electrons. The lowest BCUT2D eigenvalue weighted by molar-refractivity contribution is -0.143. The number of benzene rings is 1. The molecule has 1 atom stereocenters. The molecule has 0 spiro atoms. The van der Waals surface area contributed by atoms with Crippen LogP contribution in [-0.4, -0.2) is 48.3 Å². The molecule has 6 nitrogen and oxygen atoms in total. The SMILES string of the molecule is COc1ccc(OC)c(C(c2ccncc2)N2CCC(C(=O)O)CC2)c1. The molecule has 6 heteroatoms. The molecule has 1 saturated heterocycles. The van der Waals surface area contributed by atoms with Crippen LogP contribution in [-0.2, 0) is 4.79 Å². The summed E-state index contributed by atoms with van der Waals surface area (Å²) in [5, 5.41) is 9.28. The number of methoxy groups -OCH3 is 2. The molecule has 1 aromatic carbocycles. The summed E-state index contributed by atoms with van der Waals surface area (Å²) in [6, 6.07) is 9.72. The van der Waals surface area contributed by atoms with Crippen LogP contribution in [0.3, 0.4) is 0 Å². The van der Waals surface area contributed by atoms with Crippen LogP contribution < -0.4 is 9.47 Å². The molecule has 1 N–H and O–H groups in total. The number of carbonyl (C=O) groups is 1. The molecule has 1 aliphatic rings. The molecular formula is C20H24N2O4. The highest BCUT2D eigenvalue weighted by atomic mass is 16.5. The van der Waals surface area contributed by atoms with Crippen LogP contribution in [0.1, 0.15) is 30.0 Å². The molecule has 0 amide bonds. The van der Waals surface area contributed by atoms with Gasteiger partial charge in [0, 0.05) is 18.0 Å². The monoisotopic (exact) mass is 356 g/mol. The summed E-state index contributed by atoms with van der Waals surface area (Å²) in [7, 11) is 3.30. The Morgan fingerprint density at radius 3 is 2.42 bits per heavy atom. The first-order valence-corrected chi connectivity index (χ1v) is 8.72. The molecule has 3 rings (SSSR count). The van der Waals surface area contributed by atoms with E-state index in [1.54, 1.807) is 26.6 Å². The van der Waals surface area contributed by atoms with Crippen LogP contribution in [0, 0.1) is 5.92 Å². The second kappa shape index (κ2) is 8.19.